The van der Waals surface area contributed by atoms with E-state index in [-0.39, 0.29) is 7.69 Å². The van der Waals surface area contributed by atoms with Gasteiger partial charge < -0.3 is 19.0 Å². The van der Waals surface area contributed by atoms with Crippen LogP contribution in [0.2, 0.25) is 0 Å². The Morgan fingerprint density at radius 3 is 2.14 bits per heavy atom. The third-order valence-corrected chi connectivity index (χ3v) is 6.17. The number of rotatable bonds is 6. The molecule has 1 N–H and O–H groups in total. The molecule has 1 heterocycles. The van der Waals surface area contributed by atoms with Crippen molar-refractivity contribution in [1.29, 1.82) is 0 Å². The van der Waals surface area contributed by atoms with E-state index in [2.05, 4.69) is 71.6 Å². The smallest absolute Gasteiger partial charge is 0.504 e. The summed E-state index contributed by atoms with van der Waals surface area (Å²) in [6.45, 7) is 0. The normalized spacial score (nSPS) is 11.0. The zero-order valence-corrected chi connectivity index (χ0v) is 19.0. The highest BCUT2D eigenvalue weighted by Crippen LogP contribution is 2.42. The van der Waals surface area contributed by atoms with Crippen LogP contribution in [0.3, 0.4) is 0 Å². The molecule has 0 unspecified atom stereocenters. The molecule has 6 rings (SSSR count). The fourth-order valence-corrected chi connectivity index (χ4v) is 4.58. The van der Waals surface area contributed by atoms with Crippen molar-refractivity contribution in [1.82, 2.24) is 0 Å². The highest BCUT2D eigenvalue weighted by atomic mass is 16.5. The third kappa shape index (κ3) is 3.92. The van der Waals surface area contributed by atoms with Gasteiger partial charge in [-0.2, -0.15) is 0 Å². The monoisotopic (exact) mass is 455 g/mol. The van der Waals surface area contributed by atoms with Gasteiger partial charge in [-0.3, -0.25) is 0 Å². The van der Waals surface area contributed by atoms with E-state index in [0.29, 0.717) is 5.75 Å². The van der Waals surface area contributed by atoms with E-state index in [1.165, 1.54) is 0 Å². The van der Waals surface area contributed by atoms with Gasteiger partial charge in [0.15, 0.2) is 0 Å². The molecule has 0 bridgehead atoms. The Morgan fingerprint density at radius 2 is 1.31 bits per heavy atom. The van der Waals surface area contributed by atoms with E-state index in [9.17, 15) is 0 Å². The molecule has 35 heavy (non-hydrogen) atoms. The van der Waals surface area contributed by atoms with Crippen LogP contribution in [0, 0.1) is 0 Å². The Morgan fingerprint density at radius 1 is 0.629 bits per heavy atom. The van der Waals surface area contributed by atoms with Crippen LogP contribution in [0.4, 0.5) is 17.1 Å². The molecule has 4 nitrogen and oxygen atoms in total. The zero-order valence-electron chi connectivity index (χ0n) is 19.0. The Balaban J connectivity index is 1.57. The van der Waals surface area contributed by atoms with Gasteiger partial charge in [0.1, 0.15) is 16.9 Å². The number of benzene rings is 5. The lowest BCUT2D eigenvalue weighted by molar-refractivity contribution is 0.454. The summed E-state index contributed by atoms with van der Waals surface area (Å²) in [5.74, 6) is 0.615. The second kappa shape index (κ2) is 9.05. The molecule has 168 valence electrons. The molecule has 0 amide bonds. The predicted octanol–water partition coefficient (Wildman–Crippen LogP) is 7.36. The second-order valence-electron chi connectivity index (χ2n) is 8.26. The number of nitrogens with zero attached hydrogens (tertiary/aromatic N) is 1. The van der Waals surface area contributed by atoms with Crippen LogP contribution in [-0.4, -0.2) is 12.7 Å². The van der Waals surface area contributed by atoms with Crippen molar-refractivity contribution in [2.75, 3.05) is 4.90 Å². The molecule has 5 heteroatoms. The van der Waals surface area contributed by atoms with E-state index in [4.69, 9.17) is 14.1 Å². The molecular formula is C30H22BNO3. The molecule has 0 aliphatic carbocycles. The van der Waals surface area contributed by atoms with Crippen molar-refractivity contribution < 1.29 is 14.1 Å². The Bertz CT molecular complexity index is 1610. The topological polar surface area (TPSA) is 45.8 Å². The maximum absolute atomic E-state index is 9.14. The van der Waals surface area contributed by atoms with Crippen molar-refractivity contribution in [3.8, 4) is 16.9 Å². The average Bonchev–Trinajstić information content (AvgIpc) is 3.29. The van der Waals surface area contributed by atoms with Gasteiger partial charge in [0.2, 0.25) is 0 Å². The van der Waals surface area contributed by atoms with Gasteiger partial charge in [-0.1, -0.05) is 66.7 Å². The number of furan rings is 1. The first-order valence-electron chi connectivity index (χ1n) is 11.5. The van der Waals surface area contributed by atoms with Crippen molar-refractivity contribution in [2.45, 2.75) is 0 Å². The molecule has 0 fully saturated rings. The van der Waals surface area contributed by atoms with Gasteiger partial charge in [-0.05, 0) is 60.2 Å². The summed E-state index contributed by atoms with van der Waals surface area (Å²) in [6.07, 6.45) is 0. The zero-order chi connectivity index (χ0) is 23.6. The van der Waals surface area contributed by atoms with Crippen LogP contribution in [0.5, 0.6) is 5.75 Å². The molecule has 0 aliphatic heterocycles. The maximum Gasteiger partial charge on any atom is 0.504 e. The predicted molar refractivity (Wildman–Crippen MR) is 144 cm³/mol. The first kappa shape index (κ1) is 21.1. The minimum absolute atomic E-state index is 0.357. The Labute approximate surface area is 203 Å². The highest BCUT2D eigenvalue weighted by Gasteiger charge is 2.18. The van der Waals surface area contributed by atoms with Gasteiger partial charge in [-0.25, -0.2) is 0 Å². The van der Waals surface area contributed by atoms with Gasteiger partial charge in [0, 0.05) is 27.7 Å². The fourth-order valence-electron chi connectivity index (χ4n) is 4.58. The summed E-state index contributed by atoms with van der Waals surface area (Å²) >= 11 is 0. The lowest BCUT2D eigenvalue weighted by Crippen LogP contribution is -2.11. The summed E-state index contributed by atoms with van der Waals surface area (Å²) in [5, 5.41) is 11.3. The molecule has 0 atom stereocenters. The summed E-state index contributed by atoms with van der Waals surface area (Å²) < 4.78 is 11.3. The lowest BCUT2D eigenvalue weighted by atomic mass is 10.0. The first-order chi connectivity index (χ1) is 17.3. The lowest BCUT2D eigenvalue weighted by Gasteiger charge is -2.28. The van der Waals surface area contributed by atoms with Crippen LogP contribution in [-0.2, 0) is 0 Å². The Hall–Kier alpha value is -4.48. The molecule has 1 aromatic heterocycles. The van der Waals surface area contributed by atoms with Crippen molar-refractivity contribution in [3.05, 3.63) is 121 Å². The van der Waals surface area contributed by atoms with E-state index in [0.717, 1.165) is 50.1 Å². The number of fused-ring (bicyclic) bond motifs is 3. The number of hydrogen-bond acceptors (Lipinski definition) is 4. The summed E-state index contributed by atoms with van der Waals surface area (Å²) in [5.41, 5.74) is 7.05. The van der Waals surface area contributed by atoms with E-state index >= 15 is 0 Å². The van der Waals surface area contributed by atoms with Gasteiger partial charge in [0.25, 0.3) is 0 Å². The van der Waals surface area contributed by atoms with E-state index < -0.39 is 0 Å². The van der Waals surface area contributed by atoms with Crippen LogP contribution in [0.25, 0.3) is 33.1 Å². The molecule has 0 saturated heterocycles. The number of para-hydroxylation sites is 2. The van der Waals surface area contributed by atoms with Crippen LogP contribution in [0.15, 0.2) is 126 Å². The van der Waals surface area contributed by atoms with E-state index in [1.54, 1.807) is 0 Å². The standard InChI is InChI=1S/C30H22BNO3/c33-31-35-24-17-14-22(15-18-24)32(28-12-6-4-10-25(28)21-8-2-1-3-9-21)23-16-19-30-27(20-23)26-11-5-7-13-29(26)34-30/h1-20,31,33H. The molecule has 0 saturated carbocycles. The van der Waals surface area contributed by atoms with Crippen molar-refractivity contribution in [3.63, 3.8) is 0 Å². The second-order valence-corrected chi connectivity index (χ2v) is 8.26. The van der Waals surface area contributed by atoms with E-state index in [1.807, 2.05) is 54.6 Å². The van der Waals surface area contributed by atoms with Crippen LogP contribution >= 0.6 is 0 Å². The molecule has 0 radical (unpaired) electrons. The molecule has 0 aliphatic rings. The summed E-state index contributed by atoms with van der Waals surface area (Å²) in [6, 6.07) is 41.0. The fraction of sp³-hybridized carbons (Fsp3) is 0. The quantitative estimate of drug-likeness (QED) is 0.267. The molecule has 6 aromatic rings. The molecule has 0 spiro atoms. The molecular weight excluding hydrogens is 433 g/mol. The van der Waals surface area contributed by atoms with Crippen molar-refractivity contribution in [2.24, 2.45) is 0 Å². The van der Waals surface area contributed by atoms with Crippen LogP contribution < -0.4 is 9.55 Å². The van der Waals surface area contributed by atoms with Crippen molar-refractivity contribution >= 4 is 46.7 Å². The Kier molecular flexibility index (Phi) is 5.45. The molecule has 5 aromatic carbocycles. The average molecular weight is 455 g/mol. The van der Waals surface area contributed by atoms with Crippen LogP contribution in [0.1, 0.15) is 0 Å². The number of anilines is 3. The van der Waals surface area contributed by atoms with Gasteiger partial charge in [-0.15, -0.1) is 0 Å². The minimum atomic E-state index is -0.357. The highest BCUT2D eigenvalue weighted by molar-refractivity contribution is 6.17. The SMILES string of the molecule is OBOc1ccc(N(c2ccc3oc4ccccc4c3c2)c2ccccc2-c2ccccc2)cc1. The summed E-state index contributed by atoms with van der Waals surface area (Å²) in [7, 11) is -0.357. The van der Waals surface area contributed by atoms with Gasteiger partial charge >= 0.3 is 7.69 Å². The third-order valence-electron chi connectivity index (χ3n) is 6.17. The minimum Gasteiger partial charge on any atom is -0.539 e. The number of hydrogen-bond donors (Lipinski definition) is 1. The first-order valence-corrected chi connectivity index (χ1v) is 11.5. The maximum atomic E-state index is 9.14. The largest absolute Gasteiger partial charge is 0.539 e. The van der Waals surface area contributed by atoms with Gasteiger partial charge in [0.05, 0.1) is 5.69 Å². The summed E-state index contributed by atoms with van der Waals surface area (Å²) in [4.78, 5) is 2.24.